The highest BCUT2D eigenvalue weighted by atomic mass is 32.2. The second-order valence-electron chi connectivity index (χ2n) is 13.8. The number of ether oxygens (including phenoxy) is 3. The van der Waals surface area contributed by atoms with Crippen LogP contribution in [0.2, 0.25) is 16.6 Å². The fourth-order valence-electron chi connectivity index (χ4n) is 7.11. The number of methoxy groups -OCH3 is 1. The van der Waals surface area contributed by atoms with Gasteiger partial charge in [0, 0.05) is 5.56 Å². The van der Waals surface area contributed by atoms with Crippen LogP contribution in [0.3, 0.4) is 0 Å². The highest BCUT2D eigenvalue weighted by Gasteiger charge is 2.52. The number of hydrogen-bond acceptors (Lipinski definition) is 6. The highest BCUT2D eigenvalue weighted by Crippen LogP contribution is 2.57. The van der Waals surface area contributed by atoms with Crippen molar-refractivity contribution in [2.24, 2.45) is 0 Å². The third-order valence-corrected chi connectivity index (χ3v) is 19.0. The molecule has 2 aliphatic heterocycles. The van der Waals surface area contributed by atoms with Gasteiger partial charge in [-0.2, -0.15) is 0 Å². The van der Waals surface area contributed by atoms with Gasteiger partial charge >= 0.3 is 0 Å². The van der Waals surface area contributed by atoms with Crippen LogP contribution >= 0.6 is 23.5 Å². The van der Waals surface area contributed by atoms with Crippen LogP contribution in [0.1, 0.15) is 92.2 Å². The lowest BCUT2D eigenvalue weighted by Crippen LogP contribution is -2.50. The molecule has 2 atom stereocenters. The maximum Gasteiger partial charge on any atom is 0.258 e. The molecule has 4 nitrogen and oxygen atoms in total. The molecule has 4 rings (SSSR count). The molecule has 0 aromatic heterocycles. The molecule has 244 valence electrons. The van der Waals surface area contributed by atoms with Crippen molar-refractivity contribution in [3.05, 3.63) is 71.3 Å². The van der Waals surface area contributed by atoms with E-state index >= 15 is 0 Å². The summed E-state index contributed by atoms with van der Waals surface area (Å²) in [5.74, 6) is 4.18. The largest absolute Gasteiger partial charge is 0.540 e. The summed E-state index contributed by atoms with van der Waals surface area (Å²) in [5, 5.41) is 0. The Labute approximate surface area is 277 Å². The molecule has 0 N–H and O–H groups in total. The van der Waals surface area contributed by atoms with Crippen LogP contribution in [0, 0.1) is 0 Å². The minimum Gasteiger partial charge on any atom is -0.540 e. The zero-order valence-corrected chi connectivity index (χ0v) is 31.2. The molecule has 7 heteroatoms. The first-order valence-corrected chi connectivity index (χ1v) is 20.7. The van der Waals surface area contributed by atoms with Crippen LogP contribution in [0.5, 0.6) is 11.5 Å². The molecule has 0 aliphatic carbocycles. The molecule has 2 aliphatic rings. The van der Waals surface area contributed by atoms with Gasteiger partial charge in [0.05, 0.1) is 30.5 Å². The summed E-state index contributed by atoms with van der Waals surface area (Å²) in [4.78, 5) is 0. The van der Waals surface area contributed by atoms with E-state index in [4.69, 9.17) is 18.6 Å². The summed E-state index contributed by atoms with van der Waals surface area (Å²) in [6.45, 7) is 19.8. The Morgan fingerprint density at radius 1 is 0.977 bits per heavy atom. The number of benzene rings is 2. The Hall–Kier alpha value is -1.38. The third kappa shape index (κ3) is 8.12. The van der Waals surface area contributed by atoms with E-state index in [-0.39, 0.29) is 15.8 Å². The number of allylic oxidation sites excluding steroid dienone is 2. The van der Waals surface area contributed by atoms with Crippen LogP contribution in [0.15, 0.2) is 60.2 Å². The Morgan fingerprint density at radius 2 is 1.64 bits per heavy atom. The van der Waals surface area contributed by atoms with Crippen molar-refractivity contribution in [2.75, 3.05) is 25.2 Å². The van der Waals surface area contributed by atoms with E-state index in [9.17, 15) is 0 Å². The fourth-order valence-corrected chi connectivity index (χ4v) is 15.6. The fraction of sp³-hybridized carbons (Fsp3) is 0.622. The smallest absolute Gasteiger partial charge is 0.258 e. The second-order valence-corrected chi connectivity index (χ2v) is 22.2. The standard InChI is InChI=1S/C37H56O4S2Si/c1-27(2)44(28(3)4,29(5)6)41-33-18-13-17-32(35(33)38-9)37(42-23-14-24-43-37)22-21-30(7)19-20-34-36(8,40-34)26-39-25-31-15-11-10-12-16-31/h10-13,15-18,21,27-29,34H,14,19-20,22-26H2,1-9H3/b30-21+/t34-,36-/m0/s1. The van der Waals surface area contributed by atoms with Gasteiger partial charge in [0.15, 0.2) is 5.75 Å². The van der Waals surface area contributed by atoms with E-state index in [0.29, 0.717) is 29.8 Å². The third-order valence-electron chi connectivity index (χ3n) is 9.60. The Morgan fingerprint density at radius 3 is 2.25 bits per heavy atom. The van der Waals surface area contributed by atoms with Crippen molar-refractivity contribution < 1.29 is 18.6 Å². The van der Waals surface area contributed by atoms with E-state index in [1.165, 1.54) is 23.1 Å². The summed E-state index contributed by atoms with van der Waals surface area (Å²) >= 11 is 4.16. The summed E-state index contributed by atoms with van der Waals surface area (Å²) in [6.07, 6.45) is 7.01. The van der Waals surface area contributed by atoms with Gasteiger partial charge in [0.2, 0.25) is 0 Å². The molecule has 2 aromatic carbocycles. The lowest BCUT2D eigenvalue weighted by Gasteiger charge is -2.43. The van der Waals surface area contributed by atoms with E-state index in [2.05, 4.69) is 127 Å². The molecule has 0 saturated carbocycles. The minimum absolute atomic E-state index is 0.0855. The van der Waals surface area contributed by atoms with Crippen molar-refractivity contribution in [3.8, 4) is 11.5 Å². The van der Waals surface area contributed by atoms with E-state index in [1.807, 2.05) is 13.2 Å². The van der Waals surface area contributed by atoms with Gasteiger partial charge in [0.1, 0.15) is 11.4 Å². The molecule has 0 radical (unpaired) electrons. The minimum atomic E-state index is -2.13. The number of epoxide rings is 1. The summed E-state index contributed by atoms with van der Waals surface area (Å²) in [7, 11) is -0.311. The van der Waals surface area contributed by atoms with Crippen LogP contribution < -0.4 is 9.16 Å². The first-order valence-electron chi connectivity index (χ1n) is 16.6. The molecule has 0 bridgehead atoms. The predicted molar refractivity (Wildman–Crippen MR) is 193 cm³/mol. The van der Waals surface area contributed by atoms with Crippen molar-refractivity contribution in [2.45, 2.75) is 120 Å². The molecule has 2 saturated heterocycles. The zero-order valence-electron chi connectivity index (χ0n) is 28.6. The molecule has 2 fully saturated rings. The number of hydrogen-bond donors (Lipinski definition) is 0. The van der Waals surface area contributed by atoms with Gasteiger partial charge in [-0.1, -0.05) is 95.7 Å². The number of thioether (sulfide) groups is 2. The van der Waals surface area contributed by atoms with Crippen LogP contribution in [0.4, 0.5) is 0 Å². The van der Waals surface area contributed by atoms with Gasteiger partial charge < -0.3 is 18.6 Å². The van der Waals surface area contributed by atoms with E-state index in [0.717, 1.165) is 42.3 Å². The van der Waals surface area contributed by atoms with Gasteiger partial charge in [-0.05, 0) is 79.3 Å². The molecule has 44 heavy (non-hydrogen) atoms. The first kappa shape index (κ1) is 35.5. The molecular weight excluding hydrogens is 601 g/mol. The molecule has 0 amide bonds. The van der Waals surface area contributed by atoms with Crippen molar-refractivity contribution in [1.29, 1.82) is 0 Å². The van der Waals surface area contributed by atoms with E-state index < -0.39 is 8.32 Å². The molecule has 2 aromatic rings. The predicted octanol–water partition coefficient (Wildman–Crippen LogP) is 10.8. The molecule has 0 unspecified atom stereocenters. The Balaban J connectivity index is 1.45. The zero-order chi connectivity index (χ0) is 32.0. The Bertz CT molecular complexity index is 1200. The van der Waals surface area contributed by atoms with Crippen LogP contribution in [0.25, 0.3) is 0 Å². The van der Waals surface area contributed by atoms with E-state index in [1.54, 1.807) is 0 Å². The maximum absolute atomic E-state index is 7.21. The van der Waals surface area contributed by atoms with Crippen molar-refractivity contribution in [3.63, 3.8) is 0 Å². The quantitative estimate of drug-likeness (QED) is 0.102. The summed E-state index contributed by atoms with van der Waals surface area (Å²) < 4.78 is 25.5. The van der Waals surface area contributed by atoms with Gasteiger partial charge in [-0.15, -0.1) is 23.5 Å². The molecule has 0 spiro atoms. The van der Waals surface area contributed by atoms with Gasteiger partial charge in [-0.25, -0.2) is 0 Å². The topological polar surface area (TPSA) is 40.2 Å². The SMILES string of the molecule is COc1c(O[Si](C(C)C)(C(C)C)C(C)C)cccc1C1(C/C=C(\C)CC[C@@H]2O[C@@]2(C)COCc2ccccc2)SCCCS1. The lowest BCUT2D eigenvalue weighted by molar-refractivity contribution is 0.0742. The van der Waals surface area contributed by atoms with Crippen LogP contribution in [-0.2, 0) is 20.2 Å². The van der Waals surface area contributed by atoms with Crippen LogP contribution in [-0.4, -0.2) is 45.2 Å². The second kappa shape index (κ2) is 15.5. The number of para-hydroxylation sites is 1. The normalized spacial score (nSPS) is 22.1. The Kier molecular flexibility index (Phi) is 12.5. The maximum atomic E-state index is 7.21. The monoisotopic (exact) mass is 656 g/mol. The molecular formula is C37H56O4S2Si. The van der Waals surface area contributed by atoms with Gasteiger partial charge in [-0.3, -0.25) is 0 Å². The van der Waals surface area contributed by atoms with Gasteiger partial charge in [0.25, 0.3) is 8.32 Å². The summed E-state index contributed by atoms with van der Waals surface area (Å²) in [6, 6.07) is 17.0. The first-order chi connectivity index (χ1) is 21.0. The average molecular weight is 657 g/mol. The molecule has 2 heterocycles. The van der Waals surface area contributed by atoms with Crippen molar-refractivity contribution >= 4 is 31.8 Å². The van der Waals surface area contributed by atoms with Crippen molar-refractivity contribution in [1.82, 2.24) is 0 Å². The number of rotatable bonds is 16. The summed E-state index contributed by atoms with van der Waals surface area (Å²) in [5.41, 5.74) is 5.24. The lowest BCUT2D eigenvalue weighted by atomic mass is 10.0. The highest BCUT2D eigenvalue weighted by molar-refractivity contribution is 8.18. The average Bonchev–Trinajstić information content (AvgIpc) is 3.66.